The lowest BCUT2D eigenvalue weighted by Gasteiger charge is -2.23. The van der Waals surface area contributed by atoms with E-state index in [0.717, 1.165) is 0 Å². The van der Waals surface area contributed by atoms with Crippen molar-refractivity contribution in [2.75, 3.05) is 13.2 Å². The summed E-state index contributed by atoms with van der Waals surface area (Å²) in [6.45, 7) is -1.24. The van der Waals surface area contributed by atoms with Gasteiger partial charge in [-0.1, -0.05) is 0 Å². The molecule has 82 valence electrons. The maximum Gasteiger partial charge on any atom is 0.471 e. The third kappa shape index (κ3) is 2.14. The first-order valence-corrected chi connectivity index (χ1v) is 3.99. The first kappa shape index (κ1) is 11.2. The van der Waals surface area contributed by atoms with Crippen molar-refractivity contribution in [1.29, 1.82) is 0 Å². The number of hydrogen-bond donors (Lipinski definition) is 1. The van der Waals surface area contributed by atoms with Crippen LogP contribution in [0.1, 0.15) is 6.42 Å². The molecule has 1 heterocycles. The monoisotopic (exact) mass is 215 g/mol. The van der Waals surface area contributed by atoms with Crippen LogP contribution in [0.25, 0.3) is 0 Å². The van der Waals surface area contributed by atoms with E-state index >= 15 is 0 Å². The van der Waals surface area contributed by atoms with Gasteiger partial charge in [-0.15, -0.1) is 0 Å². The average molecular weight is 215 g/mol. The number of alkyl halides is 4. The molecular formula is C7H9F4NO2. The highest BCUT2D eigenvalue weighted by atomic mass is 19.4. The molecule has 1 aliphatic rings. The summed E-state index contributed by atoms with van der Waals surface area (Å²) in [5.74, 6) is -2.09. The smallest absolute Gasteiger partial charge is 0.394 e. The minimum atomic E-state index is -5.00. The Bertz CT molecular complexity index is 230. The van der Waals surface area contributed by atoms with Crippen LogP contribution in [0.2, 0.25) is 0 Å². The molecule has 7 heteroatoms. The maximum atomic E-state index is 12.7. The predicted octanol–water partition coefficient (Wildman–Crippen LogP) is 0.480. The van der Waals surface area contributed by atoms with Gasteiger partial charge in [-0.05, 0) is 0 Å². The van der Waals surface area contributed by atoms with Crippen molar-refractivity contribution in [2.45, 2.75) is 24.8 Å². The Balaban J connectivity index is 2.72. The molecule has 14 heavy (non-hydrogen) atoms. The summed E-state index contributed by atoms with van der Waals surface area (Å²) in [5.41, 5.74) is 0. The minimum absolute atomic E-state index is 0.238. The van der Waals surface area contributed by atoms with Crippen molar-refractivity contribution in [2.24, 2.45) is 0 Å². The molecule has 0 spiro atoms. The van der Waals surface area contributed by atoms with Gasteiger partial charge in [0, 0.05) is 6.42 Å². The Hall–Kier alpha value is -0.850. The van der Waals surface area contributed by atoms with Crippen molar-refractivity contribution < 1.29 is 27.5 Å². The Kier molecular flexibility index (Phi) is 2.98. The molecule has 0 aliphatic carbocycles. The van der Waals surface area contributed by atoms with Gasteiger partial charge in [-0.3, -0.25) is 4.79 Å². The second-order valence-electron chi connectivity index (χ2n) is 3.12. The molecule has 0 aromatic heterocycles. The van der Waals surface area contributed by atoms with Crippen LogP contribution in [0.15, 0.2) is 0 Å². The van der Waals surface area contributed by atoms with E-state index in [1.165, 1.54) is 0 Å². The summed E-state index contributed by atoms with van der Waals surface area (Å²) in [7, 11) is 0. The molecular weight excluding hydrogens is 206 g/mol. The molecule has 1 N–H and O–H groups in total. The highest BCUT2D eigenvalue weighted by Gasteiger charge is 2.47. The lowest BCUT2D eigenvalue weighted by Crippen LogP contribution is -2.45. The number of hydrogen-bond acceptors (Lipinski definition) is 2. The van der Waals surface area contributed by atoms with Gasteiger partial charge in [0.25, 0.3) is 0 Å². The highest BCUT2D eigenvalue weighted by molar-refractivity contribution is 5.82. The second kappa shape index (κ2) is 3.72. The molecule has 0 unspecified atom stereocenters. The van der Waals surface area contributed by atoms with Crippen LogP contribution in [-0.2, 0) is 4.79 Å². The Morgan fingerprint density at radius 3 is 2.50 bits per heavy atom. The Morgan fingerprint density at radius 2 is 2.07 bits per heavy atom. The van der Waals surface area contributed by atoms with E-state index in [0.29, 0.717) is 4.90 Å². The van der Waals surface area contributed by atoms with Gasteiger partial charge in [-0.25, -0.2) is 4.39 Å². The standard InChI is InChI=1S/C7H9F4NO2/c8-4-1-5(3-13)12(2-4)6(14)7(9,10)11/h4-5,13H,1-3H2/t4-,5-/m0/s1. The number of carbonyl (C=O) groups is 1. The quantitative estimate of drug-likeness (QED) is 0.646. The van der Waals surface area contributed by atoms with Gasteiger partial charge in [0.05, 0.1) is 19.2 Å². The van der Waals surface area contributed by atoms with E-state index in [1.807, 2.05) is 0 Å². The molecule has 1 rings (SSSR count). The summed E-state index contributed by atoms with van der Waals surface area (Å²) in [4.78, 5) is 11.0. The van der Waals surface area contributed by atoms with Crippen molar-refractivity contribution in [3.05, 3.63) is 0 Å². The molecule has 1 saturated heterocycles. The number of aliphatic hydroxyl groups is 1. The van der Waals surface area contributed by atoms with Crippen LogP contribution < -0.4 is 0 Å². The van der Waals surface area contributed by atoms with Gasteiger partial charge in [0.2, 0.25) is 0 Å². The summed E-state index contributed by atoms with van der Waals surface area (Å²) in [6, 6.07) is -1.06. The van der Waals surface area contributed by atoms with Crippen LogP contribution in [0.3, 0.4) is 0 Å². The summed E-state index contributed by atoms with van der Waals surface area (Å²) in [6.07, 6.45) is -6.73. The minimum Gasteiger partial charge on any atom is -0.394 e. The van der Waals surface area contributed by atoms with Crippen LogP contribution in [0, 0.1) is 0 Å². The Labute approximate surface area is 77.3 Å². The molecule has 3 nitrogen and oxygen atoms in total. The molecule has 1 aliphatic heterocycles. The summed E-state index contributed by atoms with van der Waals surface area (Å²) in [5, 5.41) is 8.64. The average Bonchev–Trinajstić information content (AvgIpc) is 2.43. The number of aliphatic hydroxyl groups excluding tert-OH is 1. The first-order valence-electron chi connectivity index (χ1n) is 3.99. The highest BCUT2D eigenvalue weighted by Crippen LogP contribution is 2.26. The number of likely N-dealkylation sites (tertiary alicyclic amines) is 1. The van der Waals surface area contributed by atoms with E-state index < -0.39 is 37.4 Å². The summed E-state index contributed by atoms with van der Waals surface area (Å²) >= 11 is 0. The van der Waals surface area contributed by atoms with Gasteiger partial charge < -0.3 is 10.0 Å². The molecule has 1 fully saturated rings. The van der Waals surface area contributed by atoms with Crippen molar-refractivity contribution in [3.63, 3.8) is 0 Å². The van der Waals surface area contributed by atoms with Gasteiger partial charge in [-0.2, -0.15) is 13.2 Å². The molecule has 0 bridgehead atoms. The molecule has 1 amide bonds. The van der Waals surface area contributed by atoms with Gasteiger partial charge in [0.15, 0.2) is 0 Å². The molecule has 0 aromatic rings. The zero-order valence-corrected chi connectivity index (χ0v) is 7.09. The summed E-state index contributed by atoms with van der Waals surface area (Å²) < 4.78 is 48.5. The SMILES string of the molecule is O=C(N1C[C@@H](F)C[C@H]1CO)C(F)(F)F. The lowest BCUT2D eigenvalue weighted by molar-refractivity contribution is -0.187. The third-order valence-electron chi connectivity index (χ3n) is 2.08. The van der Waals surface area contributed by atoms with Crippen molar-refractivity contribution in [1.82, 2.24) is 4.90 Å². The van der Waals surface area contributed by atoms with Crippen LogP contribution in [0.5, 0.6) is 0 Å². The van der Waals surface area contributed by atoms with Gasteiger partial charge in [0.1, 0.15) is 6.17 Å². The van der Waals surface area contributed by atoms with Crippen LogP contribution in [-0.4, -0.2) is 47.5 Å². The first-order chi connectivity index (χ1) is 6.36. The normalized spacial score (nSPS) is 28.2. The molecule has 0 saturated carbocycles. The fourth-order valence-electron chi connectivity index (χ4n) is 1.44. The fourth-order valence-corrected chi connectivity index (χ4v) is 1.44. The number of rotatable bonds is 1. The third-order valence-corrected chi connectivity index (χ3v) is 2.08. The maximum absolute atomic E-state index is 12.7. The largest absolute Gasteiger partial charge is 0.471 e. The number of carbonyl (C=O) groups excluding carboxylic acids is 1. The van der Waals surface area contributed by atoms with Crippen molar-refractivity contribution >= 4 is 5.91 Å². The van der Waals surface area contributed by atoms with Crippen LogP contribution in [0.4, 0.5) is 17.6 Å². The van der Waals surface area contributed by atoms with Crippen molar-refractivity contribution in [3.8, 4) is 0 Å². The van der Waals surface area contributed by atoms with E-state index in [1.54, 1.807) is 0 Å². The molecule has 2 atom stereocenters. The zero-order valence-electron chi connectivity index (χ0n) is 7.09. The lowest BCUT2D eigenvalue weighted by atomic mass is 10.2. The molecule has 0 aromatic carbocycles. The topological polar surface area (TPSA) is 40.5 Å². The number of halogens is 4. The Morgan fingerprint density at radius 1 is 1.50 bits per heavy atom. The molecule has 0 radical (unpaired) electrons. The predicted molar refractivity (Wildman–Crippen MR) is 38.2 cm³/mol. The van der Waals surface area contributed by atoms with Crippen LogP contribution >= 0.6 is 0 Å². The fraction of sp³-hybridized carbons (Fsp3) is 0.857. The van der Waals surface area contributed by atoms with E-state index in [9.17, 15) is 22.4 Å². The number of amides is 1. The van der Waals surface area contributed by atoms with Gasteiger partial charge >= 0.3 is 12.1 Å². The van der Waals surface area contributed by atoms with E-state index in [4.69, 9.17) is 5.11 Å². The van der Waals surface area contributed by atoms with E-state index in [-0.39, 0.29) is 6.42 Å². The zero-order chi connectivity index (χ0) is 10.9. The number of nitrogens with zero attached hydrogens (tertiary/aromatic N) is 1. The van der Waals surface area contributed by atoms with E-state index in [2.05, 4.69) is 0 Å². The second-order valence-corrected chi connectivity index (χ2v) is 3.12.